The van der Waals surface area contributed by atoms with Crippen molar-refractivity contribution in [2.45, 2.75) is 89.0 Å². The van der Waals surface area contributed by atoms with Crippen LogP contribution in [0.5, 0.6) is 0 Å². The molecule has 0 aromatic rings. The standard InChI is InChI=1S/C26H44N6O12S2/c1-3-4-5-14(2)32(11-22(37)38)24(40)18(31-20(34)9-7-16(28)26(43)44)13-46-45-12-17(23(39)29-10-21(35)36)30-19(33)8-6-15(27)25(41)42/h14-18H,3-13,27-28H2,1-2H3,(H,29,39)(H,30,33)(H,31,34)(H,35,36)(H,37,38)(H,41,42)(H,43,44)/t14?,15-,16-,17-,18-/m0/s1. The predicted octanol–water partition coefficient (Wildman–Crippen LogP) is -1.59. The second kappa shape index (κ2) is 22.8. The van der Waals surface area contributed by atoms with Crippen molar-refractivity contribution in [1.29, 1.82) is 0 Å². The van der Waals surface area contributed by atoms with Gasteiger partial charge in [0.1, 0.15) is 37.3 Å². The first-order valence-electron chi connectivity index (χ1n) is 14.3. The average Bonchev–Trinajstić information content (AvgIpc) is 2.98. The van der Waals surface area contributed by atoms with Gasteiger partial charge < -0.3 is 52.7 Å². The molecule has 0 aliphatic rings. The van der Waals surface area contributed by atoms with Gasteiger partial charge in [-0.25, -0.2) is 0 Å². The first kappa shape index (κ1) is 42.4. The van der Waals surface area contributed by atoms with Crippen LogP contribution in [0.1, 0.15) is 58.8 Å². The van der Waals surface area contributed by atoms with Gasteiger partial charge in [-0.2, -0.15) is 0 Å². The molecule has 0 rings (SSSR count). The summed E-state index contributed by atoms with van der Waals surface area (Å²) in [7, 11) is 1.97. The lowest BCUT2D eigenvalue weighted by Crippen LogP contribution is -2.54. The Morgan fingerprint density at radius 1 is 0.739 bits per heavy atom. The van der Waals surface area contributed by atoms with E-state index < -0.39 is 90.8 Å². The van der Waals surface area contributed by atoms with Crippen molar-refractivity contribution < 1.29 is 58.8 Å². The molecule has 0 aromatic heterocycles. The summed E-state index contributed by atoms with van der Waals surface area (Å²) in [5, 5.41) is 43.2. The summed E-state index contributed by atoms with van der Waals surface area (Å²) in [5.41, 5.74) is 10.9. The smallest absolute Gasteiger partial charge is 0.323 e. The van der Waals surface area contributed by atoms with E-state index in [9.17, 15) is 43.5 Å². The number of carboxylic acid groups (broad SMARTS) is 4. The number of amides is 4. The third-order valence-corrected chi connectivity index (χ3v) is 8.77. The third kappa shape index (κ3) is 18.4. The number of nitrogens with zero attached hydrogens (tertiary/aromatic N) is 1. The minimum Gasteiger partial charge on any atom is -0.480 e. The lowest BCUT2D eigenvalue weighted by Gasteiger charge is -2.31. The summed E-state index contributed by atoms with van der Waals surface area (Å²) in [5.74, 6) is -8.50. The Morgan fingerprint density at radius 3 is 1.65 bits per heavy atom. The topological polar surface area (TPSA) is 309 Å². The van der Waals surface area contributed by atoms with Crippen molar-refractivity contribution in [2.24, 2.45) is 11.5 Å². The van der Waals surface area contributed by atoms with Crippen LogP contribution in [0.25, 0.3) is 0 Å². The molecule has 0 fully saturated rings. The Bertz CT molecular complexity index is 1080. The van der Waals surface area contributed by atoms with E-state index in [1.807, 2.05) is 6.92 Å². The van der Waals surface area contributed by atoms with Crippen molar-refractivity contribution in [3.63, 3.8) is 0 Å². The van der Waals surface area contributed by atoms with E-state index in [0.717, 1.165) is 32.9 Å². The number of aliphatic carboxylic acids is 4. The molecule has 0 aliphatic heterocycles. The monoisotopic (exact) mass is 696 g/mol. The van der Waals surface area contributed by atoms with Crippen LogP contribution in [-0.4, -0.2) is 128 Å². The van der Waals surface area contributed by atoms with Crippen LogP contribution in [0.4, 0.5) is 0 Å². The number of nitrogens with two attached hydrogens (primary N) is 2. The SMILES string of the molecule is CCCCC(C)N(CC(=O)O)C(=O)[C@H](CSSC[C@H](NC(=O)CC[C@H](N)C(=O)O)C(=O)NCC(=O)O)NC(=O)CC[C@H](N)C(=O)O. The van der Waals surface area contributed by atoms with Gasteiger partial charge in [0.2, 0.25) is 23.6 Å². The summed E-state index contributed by atoms with van der Waals surface area (Å²) in [6.07, 6.45) is 0.881. The highest BCUT2D eigenvalue weighted by Crippen LogP contribution is 2.24. The van der Waals surface area contributed by atoms with Crippen LogP contribution in [0, 0.1) is 0 Å². The number of rotatable bonds is 25. The number of carbonyl (C=O) groups excluding carboxylic acids is 4. The zero-order valence-corrected chi connectivity index (χ0v) is 27.3. The van der Waals surface area contributed by atoms with E-state index >= 15 is 0 Å². The van der Waals surface area contributed by atoms with Crippen molar-refractivity contribution in [1.82, 2.24) is 20.9 Å². The Morgan fingerprint density at radius 2 is 1.22 bits per heavy atom. The van der Waals surface area contributed by atoms with E-state index in [2.05, 4.69) is 16.0 Å². The summed E-state index contributed by atoms with van der Waals surface area (Å²) >= 11 is 0. The number of carboxylic acids is 4. The number of unbranched alkanes of at least 4 members (excludes halogenated alkanes) is 1. The normalized spacial score (nSPS) is 14.1. The molecule has 0 saturated heterocycles. The van der Waals surface area contributed by atoms with E-state index in [4.69, 9.17) is 26.8 Å². The average molecular weight is 697 g/mol. The van der Waals surface area contributed by atoms with Crippen molar-refractivity contribution in [3.8, 4) is 0 Å². The zero-order valence-electron chi connectivity index (χ0n) is 25.6. The number of hydrogen-bond acceptors (Lipinski definition) is 12. The molecule has 46 heavy (non-hydrogen) atoms. The van der Waals surface area contributed by atoms with Crippen LogP contribution in [0.15, 0.2) is 0 Å². The van der Waals surface area contributed by atoms with Gasteiger partial charge >= 0.3 is 23.9 Å². The van der Waals surface area contributed by atoms with Crippen LogP contribution in [0.3, 0.4) is 0 Å². The van der Waals surface area contributed by atoms with E-state index in [-0.39, 0.29) is 37.2 Å². The Balaban J connectivity index is 5.75. The lowest BCUT2D eigenvalue weighted by atomic mass is 10.1. The molecule has 0 aromatic carbocycles. The van der Waals surface area contributed by atoms with Gasteiger partial charge in [0.05, 0.1) is 0 Å². The van der Waals surface area contributed by atoms with Crippen LogP contribution in [-0.2, 0) is 38.4 Å². The molecule has 0 radical (unpaired) electrons. The van der Waals surface area contributed by atoms with Crippen LogP contribution in [0.2, 0.25) is 0 Å². The van der Waals surface area contributed by atoms with Gasteiger partial charge in [-0.05, 0) is 26.2 Å². The van der Waals surface area contributed by atoms with Gasteiger partial charge in [-0.3, -0.25) is 38.4 Å². The molecule has 20 heteroatoms. The van der Waals surface area contributed by atoms with E-state index in [0.29, 0.717) is 12.8 Å². The second-order valence-electron chi connectivity index (χ2n) is 10.2. The maximum absolute atomic E-state index is 13.5. The summed E-state index contributed by atoms with van der Waals surface area (Å²) in [4.78, 5) is 96.7. The minimum atomic E-state index is -1.34. The largest absolute Gasteiger partial charge is 0.480 e. The third-order valence-electron chi connectivity index (χ3n) is 6.35. The predicted molar refractivity (Wildman–Crippen MR) is 167 cm³/mol. The van der Waals surface area contributed by atoms with Gasteiger partial charge in [-0.1, -0.05) is 41.4 Å². The highest BCUT2D eigenvalue weighted by atomic mass is 33.1. The van der Waals surface area contributed by atoms with Gasteiger partial charge in [0.25, 0.3) is 0 Å². The molecule has 0 aliphatic carbocycles. The first-order valence-corrected chi connectivity index (χ1v) is 16.8. The van der Waals surface area contributed by atoms with Crippen LogP contribution >= 0.6 is 21.6 Å². The molecular formula is C26H44N6O12S2. The fourth-order valence-corrected chi connectivity index (χ4v) is 6.00. The Kier molecular flexibility index (Phi) is 21.0. The Hall–Kier alpha value is -3.62. The lowest BCUT2D eigenvalue weighted by molar-refractivity contribution is -0.147. The maximum atomic E-state index is 13.5. The quantitative estimate of drug-likeness (QED) is 0.0384. The number of hydrogen-bond donors (Lipinski definition) is 9. The maximum Gasteiger partial charge on any atom is 0.323 e. The van der Waals surface area contributed by atoms with E-state index in [1.165, 1.54) is 0 Å². The van der Waals surface area contributed by atoms with Gasteiger partial charge in [-0.15, -0.1) is 0 Å². The molecule has 262 valence electrons. The Labute approximate surface area is 273 Å². The van der Waals surface area contributed by atoms with Gasteiger partial charge in [0, 0.05) is 30.4 Å². The molecule has 0 heterocycles. The molecule has 11 N–H and O–H groups in total. The molecule has 5 atom stereocenters. The highest BCUT2D eigenvalue weighted by molar-refractivity contribution is 8.76. The van der Waals surface area contributed by atoms with Crippen molar-refractivity contribution >= 4 is 69.1 Å². The fourth-order valence-electron chi connectivity index (χ4n) is 3.68. The number of carbonyl (C=O) groups is 8. The van der Waals surface area contributed by atoms with Crippen molar-refractivity contribution in [2.75, 3.05) is 24.6 Å². The van der Waals surface area contributed by atoms with Crippen molar-refractivity contribution in [3.05, 3.63) is 0 Å². The minimum absolute atomic E-state index is 0.137. The summed E-state index contributed by atoms with van der Waals surface area (Å²) in [6.45, 7) is 2.23. The molecule has 4 amide bonds. The molecule has 0 bridgehead atoms. The van der Waals surface area contributed by atoms with Gasteiger partial charge in [0.15, 0.2) is 0 Å². The molecule has 0 spiro atoms. The summed E-state index contributed by atoms with van der Waals surface area (Å²) < 4.78 is 0. The summed E-state index contributed by atoms with van der Waals surface area (Å²) in [6, 6.07) is -5.66. The fraction of sp³-hybridized carbons (Fsp3) is 0.692. The van der Waals surface area contributed by atoms with E-state index in [1.54, 1.807) is 6.92 Å². The first-order chi connectivity index (χ1) is 21.5. The molecular weight excluding hydrogens is 652 g/mol. The van der Waals surface area contributed by atoms with Crippen LogP contribution < -0.4 is 27.4 Å². The molecule has 0 saturated carbocycles. The zero-order chi connectivity index (χ0) is 35.4. The second-order valence-corrected chi connectivity index (χ2v) is 12.8. The molecule has 1 unspecified atom stereocenters. The molecule has 18 nitrogen and oxygen atoms in total. The number of nitrogens with one attached hydrogen (secondary N) is 3. The highest BCUT2D eigenvalue weighted by Gasteiger charge is 2.31.